The van der Waals surface area contributed by atoms with Gasteiger partial charge in [0.05, 0.1) is 16.4 Å². The second kappa shape index (κ2) is 7.16. The van der Waals surface area contributed by atoms with Crippen molar-refractivity contribution in [3.63, 3.8) is 0 Å². The Morgan fingerprint density at radius 2 is 1.58 bits per heavy atom. The average Bonchev–Trinajstić information content (AvgIpc) is 2.49. The van der Waals surface area contributed by atoms with E-state index in [1.807, 2.05) is 0 Å². The summed E-state index contributed by atoms with van der Waals surface area (Å²) in [7, 11) is -2.50. The molecule has 0 radical (unpaired) electrons. The summed E-state index contributed by atoms with van der Waals surface area (Å²) in [5, 5.41) is 8.12. The molecule has 0 amide bonds. The van der Waals surface area contributed by atoms with Crippen LogP contribution in [-0.4, -0.2) is 32.9 Å². The molecule has 1 aromatic carbocycles. The number of hydrogen-bond donors (Lipinski definition) is 1. The molecule has 1 aromatic rings. The van der Waals surface area contributed by atoms with Gasteiger partial charge in [0.2, 0.25) is 0 Å². The van der Waals surface area contributed by atoms with Crippen LogP contribution in [0, 0.1) is 6.92 Å². The van der Waals surface area contributed by atoms with E-state index in [1.165, 1.54) is 13.8 Å². The zero-order valence-corrected chi connectivity index (χ0v) is 14.6. The average molecular weight is 408 g/mol. The zero-order valence-electron chi connectivity index (χ0n) is 13.8. The second-order valence-electron chi connectivity index (χ2n) is 5.59. The van der Waals surface area contributed by atoms with Gasteiger partial charge in [-0.25, -0.2) is 9.18 Å². The topological polar surface area (TPSA) is 54.4 Å². The van der Waals surface area contributed by atoms with E-state index in [-0.39, 0.29) is 12.5 Å². The van der Waals surface area contributed by atoms with Crippen LogP contribution in [0.3, 0.4) is 0 Å². The van der Waals surface area contributed by atoms with Crippen molar-refractivity contribution < 1.29 is 44.8 Å². The number of carbonyl (C=O) groups is 1. The van der Waals surface area contributed by atoms with Crippen LogP contribution in [0.15, 0.2) is 17.0 Å². The van der Waals surface area contributed by atoms with Crippen molar-refractivity contribution in [2.75, 3.05) is 0 Å². The van der Waals surface area contributed by atoms with Crippen LogP contribution in [0.2, 0.25) is 0 Å². The fourth-order valence-corrected chi connectivity index (χ4v) is 3.81. The Labute approximate surface area is 146 Å². The van der Waals surface area contributed by atoms with Crippen LogP contribution in [0.1, 0.15) is 41.8 Å². The predicted molar refractivity (Wildman–Crippen MR) is 79.2 cm³/mol. The van der Waals surface area contributed by atoms with Crippen molar-refractivity contribution in [2.24, 2.45) is 0 Å². The van der Waals surface area contributed by atoms with Crippen LogP contribution in [-0.2, 0) is 16.5 Å². The molecular formula is C15H15F7O3S. The second-order valence-corrected chi connectivity index (χ2v) is 7.40. The van der Waals surface area contributed by atoms with E-state index in [0.29, 0.717) is 6.07 Å². The summed E-state index contributed by atoms with van der Waals surface area (Å²) in [5.41, 5.74) is -8.96. The Balaban J connectivity index is 4.00. The van der Waals surface area contributed by atoms with Crippen LogP contribution >= 0.6 is 0 Å². The van der Waals surface area contributed by atoms with Crippen molar-refractivity contribution >= 4 is 16.8 Å². The summed E-state index contributed by atoms with van der Waals surface area (Å²) in [6.07, 6.45) is -12.7. The lowest BCUT2D eigenvalue weighted by atomic mass is 9.91. The van der Waals surface area contributed by atoms with Crippen LogP contribution in [0.5, 0.6) is 0 Å². The maximum absolute atomic E-state index is 14.5. The lowest BCUT2D eigenvalue weighted by Crippen LogP contribution is -2.51. The third kappa shape index (κ3) is 3.58. The van der Waals surface area contributed by atoms with Gasteiger partial charge in [-0.15, -0.1) is 0 Å². The van der Waals surface area contributed by atoms with Gasteiger partial charge in [-0.1, -0.05) is 19.9 Å². The first-order valence-electron chi connectivity index (χ1n) is 7.21. The molecule has 0 heterocycles. The Morgan fingerprint density at radius 1 is 1.12 bits per heavy atom. The number of hydrogen-bond acceptors (Lipinski definition) is 2. The van der Waals surface area contributed by atoms with E-state index in [1.54, 1.807) is 0 Å². The molecular weight excluding hydrogens is 393 g/mol. The Hall–Kier alpha value is -1.65. The van der Waals surface area contributed by atoms with Gasteiger partial charge >= 0.3 is 24.0 Å². The summed E-state index contributed by atoms with van der Waals surface area (Å²) in [6, 6.07) is 0.531. The van der Waals surface area contributed by atoms with Gasteiger partial charge in [-0.3, -0.25) is 4.21 Å². The molecule has 0 aliphatic carbocycles. The highest BCUT2D eigenvalue weighted by Crippen LogP contribution is 2.55. The number of benzene rings is 1. The molecule has 1 rings (SSSR count). The predicted octanol–water partition coefficient (Wildman–Crippen LogP) is 4.89. The van der Waals surface area contributed by atoms with Crippen LogP contribution in [0.4, 0.5) is 30.7 Å². The SMILES string of the molecule is CC[C@@H](C)[S@](=O)c1c(C(F)(C(F)(F)F)C(F)(F)F)ccc(C(=O)O)c1C. The van der Waals surface area contributed by atoms with Gasteiger partial charge in [-0.05, 0) is 25.0 Å². The Bertz CT molecular complexity index is 711. The zero-order chi connectivity index (χ0) is 20.7. The normalized spacial score (nSPS) is 15.6. The quantitative estimate of drug-likeness (QED) is 0.706. The first kappa shape index (κ1) is 22.4. The van der Waals surface area contributed by atoms with Crippen molar-refractivity contribution in [1.29, 1.82) is 0 Å². The highest BCUT2D eigenvalue weighted by Gasteiger charge is 2.74. The number of carboxylic acids is 1. The number of aromatic carboxylic acids is 1. The molecule has 0 saturated carbocycles. The van der Waals surface area contributed by atoms with Gasteiger partial charge in [0.1, 0.15) is 0 Å². The first-order valence-corrected chi connectivity index (χ1v) is 8.42. The number of halogens is 7. The third-order valence-corrected chi connectivity index (χ3v) is 5.92. The standard InChI is InChI=1S/C15H15F7O3S/c1-4-7(2)26(25)11-8(3)9(12(23)24)5-6-10(11)13(16,14(17,18)19)15(20,21)22/h5-7H,4H2,1-3H3,(H,23,24)/t7-,26+/m1/s1. The van der Waals surface area contributed by atoms with E-state index >= 15 is 0 Å². The molecule has 0 aromatic heterocycles. The number of rotatable bonds is 5. The van der Waals surface area contributed by atoms with E-state index in [2.05, 4.69) is 0 Å². The molecule has 0 bridgehead atoms. The van der Waals surface area contributed by atoms with Gasteiger partial charge in [0.25, 0.3) is 0 Å². The molecule has 0 unspecified atom stereocenters. The maximum atomic E-state index is 14.5. The van der Waals surface area contributed by atoms with Gasteiger partial charge in [-0.2, -0.15) is 26.3 Å². The van der Waals surface area contributed by atoms with Gasteiger partial charge in [0.15, 0.2) is 0 Å². The molecule has 2 atom stereocenters. The Morgan fingerprint density at radius 3 is 1.92 bits per heavy atom. The largest absolute Gasteiger partial charge is 0.478 e. The lowest BCUT2D eigenvalue weighted by Gasteiger charge is -2.32. The molecule has 0 aliphatic heterocycles. The monoisotopic (exact) mass is 408 g/mol. The van der Waals surface area contributed by atoms with Crippen molar-refractivity contribution in [3.8, 4) is 0 Å². The van der Waals surface area contributed by atoms with Gasteiger partial charge < -0.3 is 5.11 Å². The molecule has 3 nitrogen and oxygen atoms in total. The third-order valence-electron chi connectivity index (χ3n) is 3.93. The molecule has 0 saturated heterocycles. The summed E-state index contributed by atoms with van der Waals surface area (Å²) in [4.78, 5) is 10.1. The van der Waals surface area contributed by atoms with Crippen LogP contribution in [0.25, 0.3) is 0 Å². The van der Waals surface area contributed by atoms with E-state index in [4.69, 9.17) is 5.11 Å². The Kier molecular flexibility index (Phi) is 6.17. The minimum absolute atomic E-state index is 0.0903. The summed E-state index contributed by atoms with van der Waals surface area (Å²) in [6.45, 7) is 3.67. The minimum Gasteiger partial charge on any atom is -0.478 e. The molecule has 0 fully saturated rings. The van der Waals surface area contributed by atoms with E-state index < -0.39 is 61.6 Å². The molecule has 11 heteroatoms. The highest BCUT2D eigenvalue weighted by molar-refractivity contribution is 7.85. The number of carboxylic acid groups (broad SMARTS) is 1. The van der Waals surface area contributed by atoms with E-state index in [9.17, 15) is 39.7 Å². The fourth-order valence-electron chi connectivity index (χ4n) is 2.27. The smallest absolute Gasteiger partial charge is 0.435 e. The minimum atomic E-state index is -6.39. The number of alkyl halides is 7. The summed E-state index contributed by atoms with van der Waals surface area (Å²) in [5.74, 6) is -1.65. The lowest BCUT2D eigenvalue weighted by molar-refractivity contribution is -0.349. The maximum Gasteiger partial charge on any atom is 0.435 e. The summed E-state index contributed by atoms with van der Waals surface area (Å²) >= 11 is 0. The fraction of sp³-hybridized carbons (Fsp3) is 0.533. The molecule has 148 valence electrons. The molecule has 0 aliphatic rings. The van der Waals surface area contributed by atoms with Crippen LogP contribution < -0.4 is 0 Å². The van der Waals surface area contributed by atoms with Crippen molar-refractivity contribution in [3.05, 3.63) is 28.8 Å². The molecule has 26 heavy (non-hydrogen) atoms. The van der Waals surface area contributed by atoms with Crippen molar-refractivity contribution in [2.45, 2.75) is 55.4 Å². The van der Waals surface area contributed by atoms with Crippen molar-refractivity contribution in [1.82, 2.24) is 0 Å². The first-order chi connectivity index (χ1) is 11.6. The van der Waals surface area contributed by atoms with Gasteiger partial charge in [0, 0.05) is 15.7 Å². The molecule has 0 spiro atoms. The molecule has 1 N–H and O–H groups in total. The van der Waals surface area contributed by atoms with E-state index in [0.717, 1.165) is 6.92 Å². The highest BCUT2D eigenvalue weighted by atomic mass is 32.2. The summed E-state index contributed by atoms with van der Waals surface area (Å²) < 4.78 is 106.